The molecule has 0 aromatic carbocycles. The third kappa shape index (κ3) is 6.30. The molecule has 0 radical (unpaired) electrons. The lowest BCUT2D eigenvalue weighted by molar-refractivity contribution is -0.134. The van der Waals surface area contributed by atoms with Gasteiger partial charge < -0.3 is 15.5 Å². The van der Waals surface area contributed by atoms with Crippen LogP contribution in [-0.2, 0) is 4.79 Å². The highest BCUT2D eigenvalue weighted by atomic mass is 35.5. The van der Waals surface area contributed by atoms with Crippen LogP contribution in [0.4, 0.5) is 0 Å². The van der Waals surface area contributed by atoms with E-state index in [-0.39, 0.29) is 30.7 Å². The summed E-state index contributed by atoms with van der Waals surface area (Å²) in [4.78, 5) is 16.4. The molecule has 1 amide bonds. The van der Waals surface area contributed by atoms with Gasteiger partial charge in [-0.3, -0.25) is 4.79 Å². The van der Waals surface area contributed by atoms with Gasteiger partial charge in [0.15, 0.2) is 0 Å². The Hall–Kier alpha value is -0.0300. The number of halogens is 2. The zero-order valence-electron chi connectivity index (χ0n) is 12.5. The second-order valence-electron chi connectivity index (χ2n) is 5.61. The highest BCUT2D eigenvalue weighted by Crippen LogP contribution is 2.19. The molecule has 116 valence electrons. The first-order valence-electron chi connectivity index (χ1n) is 6.69. The second-order valence-corrected chi connectivity index (χ2v) is 5.61. The molecule has 1 rings (SSSR count). The van der Waals surface area contributed by atoms with Crippen molar-refractivity contribution in [1.82, 2.24) is 9.80 Å². The van der Waals surface area contributed by atoms with Crippen molar-refractivity contribution in [3.63, 3.8) is 0 Å². The molecule has 1 unspecified atom stereocenters. The number of likely N-dealkylation sites (tertiary alicyclic amines) is 1. The fraction of sp³-hybridized carbons (Fsp3) is 0.923. The van der Waals surface area contributed by atoms with Crippen LogP contribution in [0.5, 0.6) is 0 Å². The Bertz CT molecular complexity index is 265. The molecule has 1 atom stereocenters. The number of carbonyl (C=O) groups is 1. The Balaban J connectivity index is 0. The van der Waals surface area contributed by atoms with Crippen molar-refractivity contribution >= 4 is 30.7 Å². The third-order valence-electron chi connectivity index (χ3n) is 3.54. The first-order valence-corrected chi connectivity index (χ1v) is 6.69. The standard InChI is InChI=1S/C13H27N3O.2ClH/c1-5-15(6-2)9-11-7-8-16(10-11)12(17)13(3,4)14;;/h11H,5-10,14H2,1-4H3;2*1H. The van der Waals surface area contributed by atoms with Crippen LogP contribution in [0.25, 0.3) is 0 Å². The van der Waals surface area contributed by atoms with E-state index in [1.165, 1.54) is 0 Å². The van der Waals surface area contributed by atoms with Crippen molar-refractivity contribution in [2.75, 3.05) is 32.7 Å². The number of rotatable bonds is 5. The molecule has 1 saturated heterocycles. The van der Waals surface area contributed by atoms with Gasteiger partial charge in [-0.1, -0.05) is 13.8 Å². The second kappa shape index (κ2) is 9.01. The van der Waals surface area contributed by atoms with Crippen molar-refractivity contribution in [3.05, 3.63) is 0 Å². The zero-order chi connectivity index (χ0) is 13.1. The van der Waals surface area contributed by atoms with Gasteiger partial charge in [0.05, 0.1) is 5.54 Å². The fourth-order valence-electron chi connectivity index (χ4n) is 2.42. The molecule has 19 heavy (non-hydrogen) atoms. The summed E-state index contributed by atoms with van der Waals surface area (Å²) in [5, 5.41) is 0. The summed E-state index contributed by atoms with van der Waals surface area (Å²) in [5.41, 5.74) is 5.12. The van der Waals surface area contributed by atoms with Gasteiger partial charge >= 0.3 is 0 Å². The highest BCUT2D eigenvalue weighted by Gasteiger charge is 2.33. The summed E-state index contributed by atoms with van der Waals surface area (Å²) in [7, 11) is 0. The Morgan fingerprint density at radius 3 is 2.26 bits per heavy atom. The smallest absolute Gasteiger partial charge is 0.242 e. The first kappa shape index (κ1) is 21.3. The Morgan fingerprint density at radius 2 is 1.84 bits per heavy atom. The van der Waals surface area contributed by atoms with Crippen molar-refractivity contribution in [2.24, 2.45) is 11.7 Å². The molecule has 0 aliphatic carbocycles. The number of amides is 1. The SMILES string of the molecule is CCN(CC)CC1CCN(C(=O)C(C)(C)N)C1.Cl.Cl. The molecule has 1 fully saturated rings. The van der Waals surface area contributed by atoms with Gasteiger partial charge in [-0.2, -0.15) is 0 Å². The number of hydrogen-bond acceptors (Lipinski definition) is 3. The minimum Gasteiger partial charge on any atom is -0.341 e. The summed E-state index contributed by atoms with van der Waals surface area (Å²) in [6.07, 6.45) is 1.11. The molecule has 0 aromatic heterocycles. The Morgan fingerprint density at radius 1 is 1.32 bits per heavy atom. The number of nitrogens with zero attached hydrogens (tertiary/aromatic N) is 2. The van der Waals surface area contributed by atoms with E-state index in [0.717, 1.165) is 39.1 Å². The van der Waals surface area contributed by atoms with E-state index in [1.807, 2.05) is 4.90 Å². The van der Waals surface area contributed by atoms with Crippen molar-refractivity contribution in [3.8, 4) is 0 Å². The van der Waals surface area contributed by atoms with Gasteiger partial charge in [-0.25, -0.2) is 0 Å². The molecule has 1 aliphatic heterocycles. The van der Waals surface area contributed by atoms with Crippen LogP contribution >= 0.6 is 24.8 Å². The summed E-state index contributed by atoms with van der Waals surface area (Å²) in [5.74, 6) is 0.695. The topological polar surface area (TPSA) is 49.6 Å². The molecule has 4 nitrogen and oxygen atoms in total. The maximum atomic E-state index is 12.0. The average molecular weight is 314 g/mol. The summed E-state index contributed by atoms with van der Waals surface area (Å²) < 4.78 is 0. The van der Waals surface area contributed by atoms with E-state index in [9.17, 15) is 4.79 Å². The molecule has 2 N–H and O–H groups in total. The lowest BCUT2D eigenvalue weighted by Gasteiger charge is -2.26. The van der Waals surface area contributed by atoms with Gasteiger partial charge in [0, 0.05) is 19.6 Å². The van der Waals surface area contributed by atoms with E-state index >= 15 is 0 Å². The quantitative estimate of drug-likeness (QED) is 0.841. The molecule has 0 spiro atoms. The van der Waals surface area contributed by atoms with Gasteiger partial charge in [-0.15, -0.1) is 24.8 Å². The fourth-order valence-corrected chi connectivity index (χ4v) is 2.42. The molecule has 0 bridgehead atoms. The van der Waals surface area contributed by atoms with Crippen LogP contribution in [0.3, 0.4) is 0 Å². The number of hydrogen-bond donors (Lipinski definition) is 1. The Labute approximate surface area is 129 Å². The van der Waals surface area contributed by atoms with Crippen molar-refractivity contribution in [2.45, 2.75) is 39.7 Å². The predicted octanol–water partition coefficient (Wildman–Crippen LogP) is 1.76. The Kier molecular flexibility index (Phi) is 10.1. The first-order chi connectivity index (χ1) is 7.88. The lowest BCUT2D eigenvalue weighted by Crippen LogP contribution is -2.50. The molecule has 0 saturated carbocycles. The largest absolute Gasteiger partial charge is 0.341 e. The zero-order valence-corrected chi connectivity index (χ0v) is 14.1. The summed E-state index contributed by atoms with van der Waals surface area (Å²) in [6, 6.07) is 0. The van der Waals surface area contributed by atoms with Gasteiger partial charge in [0.25, 0.3) is 0 Å². The van der Waals surface area contributed by atoms with Crippen LogP contribution in [0.1, 0.15) is 34.1 Å². The maximum Gasteiger partial charge on any atom is 0.242 e. The average Bonchev–Trinajstić information content (AvgIpc) is 2.71. The van der Waals surface area contributed by atoms with E-state index in [2.05, 4.69) is 18.7 Å². The van der Waals surface area contributed by atoms with Gasteiger partial charge in [-0.05, 0) is 39.3 Å². The minimum atomic E-state index is -0.732. The number of carbonyl (C=O) groups excluding carboxylic acids is 1. The normalized spacial score (nSPS) is 19.1. The van der Waals surface area contributed by atoms with Crippen molar-refractivity contribution in [1.29, 1.82) is 0 Å². The van der Waals surface area contributed by atoms with Crippen LogP contribution in [0.2, 0.25) is 0 Å². The molecule has 1 aliphatic rings. The van der Waals surface area contributed by atoms with Crippen molar-refractivity contribution < 1.29 is 4.79 Å². The van der Waals surface area contributed by atoms with E-state index in [1.54, 1.807) is 13.8 Å². The molecular weight excluding hydrogens is 285 g/mol. The van der Waals surface area contributed by atoms with Gasteiger partial charge in [0.1, 0.15) is 0 Å². The van der Waals surface area contributed by atoms with Crippen LogP contribution in [-0.4, -0.2) is 54.0 Å². The molecule has 0 aromatic rings. The van der Waals surface area contributed by atoms with Crippen LogP contribution in [0, 0.1) is 5.92 Å². The molecular formula is C13H29Cl2N3O. The third-order valence-corrected chi connectivity index (χ3v) is 3.54. The minimum absolute atomic E-state index is 0. The van der Waals surface area contributed by atoms with Gasteiger partial charge in [0.2, 0.25) is 5.91 Å². The highest BCUT2D eigenvalue weighted by molar-refractivity contribution is 5.86. The summed E-state index contributed by atoms with van der Waals surface area (Å²) in [6.45, 7) is 12.9. The van der Waals surface area contributed by atoms with Crippen LogP contribution in [0.15, 0.2) is 0 Å². The van der Waals surface area contributed by atoms with E-state index in [0.29, 0.717) is 5.92 Å². The number of nitrogens with two attached hydrogens (primary N) is 1. The predicted molar refractivity (Wildman–Crippen MR) is 85.2 cm³/mol. The van der Waals surface area contributed by atoms with E-state index in [4.69, 9.17) is 5.73 Å². The summed E-state index contributed by atoms with van der Waals surface area (Å²) >= 11 is 0. The van der Waals surface area contributed by atoms with E-state index < -0.39 is 5.54 Å². The monoisotopic (exact) mass is 313 g/mol. The molecule has 6 heteroatoms. The van der Waals surface area contributed by atoms with Crippen LogP contribution < -0.4 is 5.73 Å². The molecule has 1 heterocycles. The maximum absolute atomic E-state index is 12.0. The lowest BCUT2D eigenvalue weighted by atomic mass is 10.1.